The Morgan fingerprint density at radius 1 is 0.938 bits per heavy atom. The van der Waals surface area contributed by atoms with Gasteiger partial charge >= 0.3 is 0 Å². The highest BCUT2D eigenvalue weighted by molar-refractivity contribution is 7.99. The topological polar surface area (TPSA) is 55.8 Å². The molecule has 2 aliphatic heterocycles. The molecule has 1 aromatic heterocycles. The molecule has 0 N–H and O–H groups in total. The van der Waals surface area contributed by atoms with Crippen LogP contribution in [0.4, 0.5) is 20.4 Å². The Bertz CT molecular complexity index is 946. The predicted octanol–water partition coefficient (Wildman–Crippen LogP) is 2.81. The van der Waals surface area contributed by atoms with E-state index in [1.54, 1.807) is 29.2 Å². The summed E-state index contributed by atoms with van der Waals surface area (Å²) >= 11 is 0.416. The lowest BCUT2D eigenvalue weighted by atomic mass is 10.2. The summed E-state index contributed by atoms with van der Waals surface area (Å²) in [5.74, 6) is -0.223. The van der Waals surface area contributed by atoms with E-state index in [1.165, 1.54) is 0 Å². The number of hydrogen-bond donors (Lipinski definition) is 0. The number of aryl methyl sites for hydroxylation is 1. The van der Waals surface area contributed by atoms with Crippen molar-refractivity contribution in [3.8, 4) is 0 Å². The van der Waals surface area contributed by atoms with Gasteiger partial charge in [-0.15, -0.1) is 0 Å². The minimum Gasteiger partial charge on any atom is -0.354 e. The van der Waals surface area contributed by atoms with Crippen LogP contribution >= 0.6 is 11.8 Å². The molecule has 2 fully saturated rings. The number of amides is 1. The maximum Gasteiger partial charge on any atom is 0.288 e. The van der Waals surface area contributed by atoms with Gasteiger partial charge in [-0.05, 0) is 26.1 Å². The van der Waals surface area contributed by atoms with E-state index in [0.717, 1.165) is 43.6 Å². The van der Waals surface area contributed by atoms with E-state index in [2.05, 4.69) is 31.7 Å². The molecule has 32 heavy (non-hydrogen) atoms. The summed E-state index contributed by atoms with van der Waals surface area (Å²) in [5.41, 5.74) is 0.335. The van der Waals surface area contributed by atoms with Crippen molar-refractivity contribution in [2.24, 2.45) is 0 Å². The minimum absolute atomic E-state index is 0.203. The molecular formula is C22H28F2N6OS. The van der Waals surface area contributed by atoms with Crippen LogP contribution in [0.1, 0.15) is 16.2 Å². The minimum atomic E-state index is -2.56. The maximum atomic E-state index is 13.0. The fraction of sp³-hybridized carbons (Fsp3) is 0.500. The molecule has 0 unspecified atom stereocenters. The van der Waals surface area contributed by atoms with Gasteiger partial charge in [-0.3, -0.25) is 4.79 Å². The number of aromatic nitrogens is 2. The van der Waals surface area contributed by atoms with Gasteiger partial charge < -0.3 is 19.6 Å². The summed E-state index contributed by atoms with van der Waals surface area (Å²) in [5, 5.41) is 0. The fourth-order valence-corrected chi connectivity index (χ4v) is 4.68. The van der Waals surface area contributed by atoms with Crippen molar-refractivity contribution in [2.45, 2.75) is 17.6 Å². The number of nitrogens with zero attached hydrogens (tertiary/aromatic N) is 6. The number of anilines is 2. The Hall–Kier alpha value is -2.46. The predicted molar refractivity (Wildman–Crippen MR) is 123 cm³/mol. The summed E-state index contributed by atoms with van der Waals surface area (Å²) in [7, 11) is 2.12. The quantitative estimate of drug-likeness (QED) is 0.634. The van der Waals surface area contributed by atoms with E-state index in [-0.39, 0.29) is 5.91 Å². The van der Waals surface area contributed by atoms with Gasteiger partial charge in [0.15, 0.2) is 0 Å². The van der Waals surface area contributed by atoms with Crippen LogP contribution in [0, 0.1) is 6.92 Å². The highest BCUT2D eigenvalue weighted by Gasteiger charge is 2.26. The third-order valence-electron chi connectivity index (χ3n) is 5.86. The molecule has 0 atom stereocenters. The number of hydrogen-bond acceptors (Lipinski definition) is 7. The van der Waals surface area contributed by atoms with Crippen LogP contribution in [0.25, 0.3) is 0 Å². The highest BCUT2D eigenvalue weighted by atomic mass is 32.2. The molecule has 10 heteroatoms. The number of piperazine rings is 2. The molecule has 3 heterocycles. The van der Waals surface area contributed by atoms with E-state index in [1.807, 2.05) is 13.0 Å². The number of thioether (sulfide) groups is 1. The lowest BCUT2D eigenvalue weighted by Gasteiger charge is -2.37. The fourth-order valence-electron chi connectivity index (χ4n) is 4.05. The first-order valence-corrected chi connectivity index (χ1v) is 11.7. The molecule has 7 nitrogen and oxygen atoms in total. The molecule has 1 aromatic carbocycles. The molecule has 0 bridgehead atoms. The van der Waals surface area contributed by atoms with Gasteiger partial charge in [-0.2, -0.15) is 8.78 Å². The normalized spacial score (nSPS) is 17.8. The van der Waals surface area contributed by atoms with Gasteiger partial charge in [0.2, 0.25) is 0 Å². The van der Waals surface area contributed by atoms with Crippen molar-refractivity contribution in [1.29, 1.82) is 0 Å². The zero-order valence-corrected chi connectivity index (χ0v) is 19.2. The van der Waals surface area contributed by atoms with E-state index in [0.29, 0.717) is 48.4 Å². The Morgan fingerprint density at radius 3 is 2.09 bits per heavy atom. The van der Waals surface area contributed by atoms with Crippen LogP contribution in [-0.4, -0.2) is 90.8 Å². The molecule has 2 aliphatic rings. The van der Waals surface area contributed by atoms with Crippen molar-refractivity contribution in [2.75, 3.05) is 69.2 Å². The summed E-state index contributed by atoms with van der Waals surface area (Å²) in [6.07, 6.45) is 0. The average Bonchev–Trinajstić information content (AvgIpc) is 2.79. The number of alkyl halides is 2. The number of carbonyl (C=O) groups excluding carboxylic acids is 1. The monoisotopic (exact) mass is 462 g/mol. The first-order chi connectivity index (χ1) is 15.4. The Morgan fingerprint density at radius 2 is 1.50 bits per heavy atom. The standard InChI is InChI=1S/C22H28F2N6OS/c1-16-25-19(28-9-7-27(2)8-10-28)15-20(26-16)29-11-13-30(14-12-29)21(31)17-5-3-4-6-18(17)32-22(23)24/h3-6,15,22H,7-14H2,1-2H3. The van der Waals surface area contributed by atoms with Crippen molar-refractivity contribution in [3.05, 3.63) is 41.7 Å². The van der Waals surface area contributed by atoms with Gasteiger partial charge in [0.1, 0.15) is 17.5 Å². The number of halogens is 2. The van der Waals surface area contributed by atoms with Crippen LogP contribution < -0.4 is 9.80 Å². The average molecular weight is 463 g/mol. The molecule has 0 spiro atoms. The zero-order valence-electron chi connectivity index (χ0n) is 18.4. The van der Waals surface area contributed by atoms with Crippen LogP contribution in [-0.2, 0) is 0 Å². The Labute approximate surface area is 191 Å². The number of carbonyl (C=O) groups is 1. The van der Waals surface area contributed by atoms with Gasteiger partial charge in [-0.25, -0.2) is 9.97 Å². The molecule has 1 amide bonds. The molecule has 2 saturated heterocycles. The SMILES string of the molecule is Cc1nc(N2CCN(C)CC2)cc(N2CCN(C(=O)c3ccccc3SC(F)F)CC2)n1. The molecule has 0 aliphatic carbocycles. The van der Waals surface area contributed by atoms with Gasteiger partial charge in [0.25, 0.3) is 11.7 Å². The first-order valence-electron chi connectivity index (χ1n) is 10.8. The second kappa shape index (κ2) is 9.99. The van der Waals surface area contributed by atoms with Crippen LogP contribution in [0.3, 0.4) is 0 Å². The van der Waals surface area contributed by atoms with Crippen LogP contribution in [0.5, 0.6) is 0 Å². The second-order valence-electron chi connectivity index (χ2n) is 8.08. The molecule has 0 saturated carbocycles. The summed E-state index contributed by atoms with van der Waals surface area (Å²) in [4.78, 5) is 31.1. The van der Waals surface area contributed by atoms with Gasteiger partial charge in [0.05, 0.1) is 5.56 Å². The zero-order chi connectivity index (χ0) is 22.7. The molecule has 2 aromatic rings. The highest BCUT2D eigenvalue weighted by Crippen LogP contribution is 2.29. The van der Waals surface area contributed by atoms with E-state index in [9.17, 15) is 13.6 Å². The largest absolute Gasteiger partial charge is 0.354 e. The van der Waals surface area contributed by atoms with E-state index >= 15 is 0 Å². The smallest absolute Gasteiger partial charge is 0.288 e. The number of likely N-dealkylation sites (N-methyl/N-ethyl adjacent to an activating group) is 1. The summed E-state index contributed by atoms with van der Waals surface area (Å²) < 4.78 is 25.8. The molecule has 0 radical (unpaired) electrons. The first kappa shape index (κ1) is 22.7. The van der Waals surface area contributed by atoms with Crippen LogP contribution in [0.2, 0.25) is 0 Å². The molecular weight excluding hydrogens is 434 g/mol. The number of benzene rings is 1. The van der Waals surface area contributed by atoms with Gasteiger partial charge in [-0.1, -0.05) is 23.9 Å². The van der Waals surface area contributed by atoms with Gasteiger partial charge in [0, 0.05) is 63.3 Å². The lowest BCUT2D eigenvalue weighted by Crippen LogP contribution is -2.49. The molecule has 4 rings (SSSR count). The van der Waals surface area contributed by atoms with Crippen molar-refractivity contribution in [3.63, 3.8) is 0 Å². The second-order valence-corrected chi connectivity index (χ2v) is 9.11. The van der Waals surface area contributed by atoms with Crippen molar-refractivity contribution in [1.82, 2.24) is 19.8 Å². The van der Waals surface area contributed by atoms with Crippen molar-refractivity contribution < 1.29 is 13.6 Å². The molecule has 172 valence electrons. The van der Waals surface area contributed by atoms with Crippen LogP contribution in [0.15, 0.2) is 35.2 Å². The van der Waals surface area contributed by atoms with Crippen molar-refractivity contribution >= 4 is 29.3 Å². The third-order valence-corrected chi connectivity index (χ3v) is 6.65. The van der Waals surface area contributed by atoms with E-state index < -0.39 is 5.76 Å². The number of rotatable bonds is 5. The lowest BCUT2D eigenvalue weighted by molar-refractivity contribution is 0.0743. The third kappa shape index (κ3) is 5.29. The van der Waals surface area contributed by atoms with E-state index in [4.69, 9.17) is 0 Å². The summed E-state index contributed by atoms with van der Waals surface area (Å²) in [6, 6.07) is 8.61. The maximum absolute atomic E-state index is 13.0. The summed E-state index contributed by atoms with van der Waals surface area (Å²) in [6.45, 7) is 8.08. The Balaban J connectivity index is 1.42. The Kier molecular flexibility index (Phi) is 7.10.